The zero-order chi connectivity index (χ0) is 11.5. The van der Waals surface area contributed by atoms with E-state index in [0.29, 0.717) is 0 Å². The highest BCUT2D eigenvalue weighted by Crippen LogP contribution is 2.31. The van der Waals surface area contributed by atoms with Gasteiger partial charge in [-0.05, 0) is 64.8 Å². The molecule has 2 aliphatic rings. The maximum atomic E-state index is 3.55. The third kappa shape index (κ3) is 3.74. The molecular weight excluding hydrogens is 196 g/mol. The van der Waals surface area contributed by atoms with Crippen molar-refractivity contribution in [3.63, 3.8) is 0 Å². The highest BCUT2D eigenvalue weighted by atomic mass is 15.2. The Kier molecular flexibility index (Phi) is 4.26. The van der Waals surface area contributed by atoms with E-state index in [-0.39, 0.29) is 0 Å². The maximum Gasteiger partial charge on any atom is 0.00418 e. The van der Waals surface area contributed by atoms with Gasteiger partial charge in [-0.2, -0.15) is 0 Å². The van der Waals surface area contributed by atoms with Gasteiger partial charge in [0.2, 0.25) is 0 Å². The molecule has 16 heavy (non-hydrogen) atoms. The van der Waals surface area contributed by atoms with Gasteiger partial charge in [0.1, 0.15) is 0 Å². The lowest BCUT2D eigenvalue weighted by Gasteiger charge is -2.34. The van der Waals surface area contributed by atoms with Crippen molar-refractivity contribution >= 4 is 0 Å². The Balaban J connectivity index is 1.78. The van der Waals surface area contributed by atoms with Crippen LogP contribution in [-0.2, 0) is 0 Å². The predicted molar refractivity (Wildman–Crippen MR) is 69.6 cm³/mol. The summed E-state index contributed by atoms with van der Waals surface area (Å²) < 4.78 is 0. The van der Waals surface area contributed by atoms with Gasteiger partial charge in [0.15, 0.2) is 0 Å². The SMILES string of the molecule is CC1CC(CN(CC2CC2)C(C)C)CCN1. The Labute approximate surface area is 101 Å². The van der Waals surface area contributed by atoms with Crippen LogP contribution in [0.5, 0.6) is 0 Å². The molecule has 0 aromatic carbocycles. The molecule has 2 unspecified atom stereocenters. The molecule has 1 aliphatic heterocycles. The van der Waals surface area contributed by atoms with Crippen LogP contribution >= 0.6 is 0 Å². The van der Waals surface area contributed by atoms with E-state index in [1.165, 1.54) is 45.3 Å². The van der Waals surface area contributed by atoms with Crippen molar-refractivity contribution in [2.45, 2.75) is 58.5 Å². The molecule has 2 nitrogen and oxygen atoms in total. The Morgan fingerprint density at radius 1 is 1.12 bits per heavy atom. The van der Waals surface area contributed by atoms with E-state index in [1.54, 1.807) is 0 Å². The van der Waals surface area contributed by atoms with Crippen LogP contribution in [0.25, 0.3) is 0 Å². The summed E-state index contributed by atoms with van der Waals surface area (Å²) in [5.41, 5.74) is 0. The molecule has 2 fully saturated rings. The average Bonchev–Trinajstić information content (AvgIpc) is 3.00. The van der Waals surface area contributed by atoms with Crippen LogP contribution in [-0.4, -0.2) is 36.6 Å². The molecule has 94 valence electrons. The largest absolute Gasteiger partial charge is 0.314 e. The molecule has 0 amide bonds. The average molecular weight is 224 g/mol. The normalized spacial score (nSPS) is 31.3. The molecule has 1 aliphatic carbocycles. The van der Waals surface area contributed by atoms with Gasteiger partial charge in [-0.15, -0.1) is 0 Å². The van der Waals surface area contributed by atoms with E-state index in [2.05, 4.69) is 31.0 Å². The van der Waals surface area contributed by atoms with Crippen LogP contribution in [0.2, 0.25) is 0 Å². The second-order valence-corrected chi connectivity index (χ2v) is 6.24. The molecule has 0 aromatic heterocycles. The summed E-state index contributed by atoms with van der Waals surface area (Å²) in [6.07, 6.45) is 5.70. The molecule has 2 heteroatoms. The highest BCUT2D eigenvalue weighted by Gasteiger charge is 2.28. The van der Waals surface area contributed by atoms with Crippen LogP contribution in [0.15, 0.2) is 0 Å². The minimum absolute atomic E-state index is 0.728. The summed E-state index contributed by atoms with van der Waals surface area (Å²) in [5, 5.41) is 3.55. The van der Waals surface area contributed by atoms with Crippen molar-refractivity contribution in [1.29, 1.82) is 0 Å². The fourth-order valence-electron chi connectivity index (χ4n) is 2.86. The molecule has 1 saturated carbocycles. The van der Waals surface area contributed by atoms with Crippen molar-refractivity contribution in [2.75, 3.05) is 19.6 Å². The summed E-state index contributed by atoms with van der Waals surface area (Å²) in [4.78, 5) is 2.72. The van der Waals surface area contributed by atoms with E-state index in [9.17, 15) is 0 Å². The number of piperidine rings is 1. The minimum atomic E-state index is 0.728. The van der Waals surface area contributed by atoms with Crippen molar-refractivity contribution in [3.05, 3.63) is 0 Å². The second kappa shape index (κ2) is 5.50. The standard InChI is InChI=1S/C14H28N2/c1-11(2)16(9-13-4-5-13)10-14-6-7-15-12(3)8-14/h11-15H,4-10H2,1-3H3. The zero-order valence-corrected chi connectivity index (χ0v) is 11.2. The highest BCUT2D eigenvalue weighted by molar-refractivity contribution is 4.82. The number of rotatable bonds is 5. The van der Waals surface area contributed by atoms with Crippen LogP contribution in [0.4, 0.5) is 0 Å². The molecule has 0 bridgehead atoms. The van der Waals surface area contributed by atoms with Crippen molar-refractivity contribution in [1.82, 2.24) is 10.2 Å². The Bertz CT molecular complexity index is 211. The van der Waals surface area contributed by atoms with E-state index in [0.717, 1.165) is 23.9 Å². The monoisotopic (exact) mass is 224 g/mol. The summed E-state index contributed by atoms with van der Waals surface area (Å²) >= 11 is 0. The Morgan fingerprint density at radius 3 is 2.38 bits per heavy atom. The lowest BCUT2D eigenvalue weighted by molar-refractivity contribution is 0.154. The summed E-state index contributed by atoms with van der Waals surface area (Å²) in [5.74, 6) is 1.96. The lowest BCUT2D eigenvalue weighted by atomic mass is 9.92. The third-order valence-corrected chi connectivity index (χ3v) is 4.14. The van der Waals surface area contributed by atoms with Crippen molar-refractivity contribution in [3.8, 4) is 0 Å². The Morgan fingerprint density at radius 2 is 1.81 bits per heavy atom. The van der Waals surface area contributed by atoms with Gasteiger partial charge in [0.05, 0.1) is 0 Å². The first-order chi connectivity index (χ1) is 7.65. The van der Waals surface area contributed by atoms with Gasteiger partial charge >= 0.3 is 0 Å². The van der Waals surface area contributed by atoms with Crippen LogP contribution in [0, 0.1) is 11.8 Å². The van der Waals surface area contributed by atoms with E-state index in [1.807, 2.05) is 0 Å². The summed E-state index contributed by atoms with van der Waals surface area (Å²) in [6.45, 7) is 10.9. The zero-order valence-electron chi connectivity index (χ0n) is 11.2. The first-order valence-corrected chi connectivity index (χ1v) is 7.12. The molecule has 0 aromatic rings. The number of nitrogens with one attached hydrogen (secondary N) is 1. The number of hydrogen-bond donors (Lipinski definition) is 1. The molecule has 1 N–H and O–H groups in total. The minimum Gasteiger partial charge on any atom is -0.314 e. The summed E-state index contributed by atoms with van der Waals surface area (Å²) in [6, 6.07) is 1.46. The van der Waals surface area contributed by atoms with E-state index < -0.39 is 0 Å². The molecule has 0 spiro atoms. The number of hydrogen-bond acceptors (Lipinski definition) is 2. The fraction of sp³-hybridized carbons (Fsp3) is 1.00. The second-order valence-electron chi connectivity index (χ2n) is 6.24. The predicted octanol–water partition coefficient (Wildman–Crippen LogP) is 2.49. The molecule has 0 radical (unpaired) electrons. The third-order valence-electron chi connectivity index (χ3n) is 4.14. The lowest BCUT2D eigenvalue weighted by Crippen LogP contribution is -2.43. The summed E-state index contributed by atoms with van der Waals surface area (Å²) in [7, 11) is 0. The first kappa shape index (κ1) is 12.4. The van der Waals surface area contributed by atoms with Crippen LogP contribution in [0.1, 0.15) is 46.5 Å². The smallest absolute Gasteiger partial charge is 0.00418 e. The van der Waals surface area contributed by atoms with Crippen LogP contribution in [0.3, 0.4) is 0 Å². The first-order valence-electron chi connectivity index (χ1n) is 7.12. The van der Waals surface area contributed by atoms with E-state index in [4.69, 9.17) is 0 Å². The molecule has 2 rings (SSSR count). The molecule has 1 heterocycles. The van der Waals surface area contributed by atoms with Crippen LogP contribution < -0.4 is 5.32 Å². The maximum absolute atomic E-state index is 3.55. The van der Waals surface area contributed by atoms with Gasteiger partial charge in [-0.1, -0.05) is 0 Å². The van der Waals surface area contributed by atoms with Gasteiger partial charge in [-0.25, -0.2) is 0 Å². The number of nitrogens with zero attached hydrogens (tertiary/aromatic N) is 1. The Hall–Kier alpha value is -0.0800. The van der Waals surface area contributed by atoms with Gasteiger partial charge in [0.25, 0.3) is 0 Å². The van der Waals surface area contributed by atoms with E-state index >= 15 is 0 Å². The fourth-order valence-corrected chi connectivity index (χ4v) is 2.86. The topological polar surface area (TPSA) is 15.3 Å². The van der Waals surface area contributed by atoms with Gasteiger partial charge < -0.3 is 10.2 Å². The molecular formula is C14H28N2. The quantitative estimate of drug-likeness (QED) is 0.772. The van der Waals surface area contributed by atoms with Crippen molar-refractivity contribution in [2.24, 2.45) is 11.8 Å². The molecule has 2 atom stereocenters. The molecule has 1 saturated heterocycles. The van der Waals surface area contributed by atoms with Crippen molar-refractivity contribution < 1.29 is 0 Å². The van der Waals surface area contributed by atoms with Gasteiger partial charge in [-0.3, -0.25) is 0 Å². The van der Waals surface area contributed by atoms with Gasteiger partial charge in [0, 0.05) is 25.2 Å².